The molecule has 148 valence electrons. The highest BCUT2D eigenvalue weighted by atomic mass is 16.5. The number of likely N-dealkylation sites (tertiary alicyclic amines) is 1. The van der Waals surface area contributed by atoms with Crippen molar-refractivity contribution >= 4 is 0 Å². The number of hydrogen-bond donors (Lipinski definition) is 1. The molecule has 1 aromatic rings. The third kappa shape index (κ3) is 3.78. The summed E-state index contributed by atoms with van der Waals surface area (Å²) in [4.78, 5) is 2.37. The molecular formula is C24H35NO2. The number of nitrogens with zero attached hydrogens (tertiary/aromatic N) is 1. The van der Waals surface area contributed by atoms with Gasteiger partial charge in [0, 0.05) is 6.54 Å². The molecule has 0 unspecified atom stereocenters. The summed E-state index contributed by atoms with van der Waals surface area (Å²) in [5, 5.41) is 10.3. The molecule has 1 N–H and O–H groups in total. The van der Waals surface area contributed by atoms with Gasteiger partial charge in [-0.15, -0.1) is 0 Å². The van der Waals surface area contributed by atoms with Gasteiger partial charge in [-0.05, 0) is 105 Å². The molecule has 1 saturated heterocycles. The maximum Gasteiger partial charge on any atom is 0.119 e. The SMILES string of the molecule is O[C@H](COc1ccc(C23CC4CC(CC(C4)C2)C3)cc1)CN1CCCCC1. The van der Waals surface area contributed by atoms with Crippen molar-refractivity contribution in [3.8, 4) is 5.75 Å². The lowest BCUT2D eigenvalue weighted by Crippen LogP contribution is -2.48. The van der Waals surface area contributed by atoms with Crippen molar-refractivity contribution in [1.82, 2.24) is 4.90 Å². The number of piperidine rings is 1. The highest BCUT2D eigenvalue weighted by Crippen LogP contribution is 2.60. The second-order valence-corrected chi connectivity index (χ2v) is 10.0. The summed E-state index contributed by atoms with van der Waals surface area (Å²) in [5.41, 5.74) is 2.00. The van der Waals surface area contributed by atoms with Crippen LogP contribution in [0.5, 0.6) is 5.75 Å². The lowest BCUT2D eigenvalue weighted by atomic mass is 9.48. The Bertz CT molecular complexity index is 599. The first kappa shape index (κ1) is 18.0. The van der Waals surface area contributed by atoms with E-state index in [1.807, 2.05) is 0 Å². The maximum absolute atomic E-state index is 10.3. The van der Waals surface area contributed by atoms with Crippen LogP contribution in [0.4, 0.5) is 0 Å². The van der Waals surface area contributed by atoms with Crippen LogP contribution in [0.15, 0.2) is 24.3 Å². The predicted octanol–water partition coefficient (Wildman–Crippen LogP) is 4.38. The molecule has 1 aromatic carbocycles. The fourth-order valence-electron chi connectivity index (χ4n) is 7.05. The number of ether oxygens (including phenoxy) is 1. The number of benzene rings is 1. The van der Waals surface area contributed by atoms with Crippen molar-refractivity contribution in [3.05, 3.63) is 29.8 Å². The van der Waals surface area contributed by atoms with E-state index >= 15 is 0 Å². The quantitative estimate of drug-likeness (QED) is 0.808. The standard InChI is InChI=1S/C24H35NO2/c26-22(16-25-8-2-1-3-9-25)17-27-23-6-4-21(5-7-23)24-13-18-10-19(14-24)12-20(11-18)15-24/h4-7,18-20,22,26H,1-3,8-17H2/t18?,19?,20?,22-,24?/m0/s1. The van der Waals surface area contributed by atoms with Gasteiger partial charge in [-0.25, -0.2) is 0 Å². The molecule has 6 rings (SSSR count). The van der Waals surface area contributed by atoms with Crippen LogP contribution in [-0.4, -0.2) is 42.4 Å². The van der Waals surface area contributed by atoms with E-state index in [-0.39, 0.29) is 0 Å². The van der Waals surface area contributed by atoms with E-state index in [0.29, 0.717) is 12.0 Å². The van der Waals surface area contributed by atoms with E-state index in [9.17, 15) is 5.11 Å². The van der Waals surface area contributed by atoms with Crippen molar-refractivity contribution in [1.29, 1.82) is 0 Å². The van der Waals surface area contributed by atoms with Gasteiger partial charge in [0.1, 0.15) is 18.5 Å². The summed E-state index contributed by atoms with van der Waals surface area (Å²) in [6.45, 7) is 3.38. The molecule has 5 fully saturated rings. The molecule has 1 atom stereocenters. The molecule has 3 nitrogen and oxygen atoms in total. The fourth-order valence-corrected chi connectivity index (χ4v) is 7.05. The molecule has 27 heavy (non-hydrogen) atoms. The van der Waals surface area contributed by atoms with Gasteiger partial charge in [-0.2, -0.15) is 0 Å². The molecule has 0 aromatic heterocycles. The third-order valence-corrected chi connectivity index (χ3v) is 7.86. The first-order chi connectivity index (χ1) is 13.2. The minimum absolute atomic E-state index is 0.396. The first-order valence-corrected chi connectivity index (χ1v) is 11.3. The second kappa shape index (κ2) is 7.40. The summed E-state index contributed by atoms with van der Waals surface area (Å²) in [6.07, 6.45) is 12.2. The summed E-state index contributed by atoms with van der Waals surface area (Å²) in [5.74, 6) is 3.85. The van der Waals surface area contributed by atoms with Crippen LogP contribution in [0.25, 0.3) is 0 Å². The molecule has 4 saturated carbocycles. The van der Waals surface area contributed by atoms with Gasteiger partial charge in [0.2, 0.25) is 0 Å². The summed E-state index contributed by atoms with van der Waals surface area (Å²) in [7, 11) is 0. The normalized spacial score (nSPS) is 36.7. The summed E-state index contributed by atoms with van der Waals surface area (Å²) < 4.78 is 5.91. The third-order valence-electron chi connectivity index (χ3n) is 7.86. The molecular weight excluding hydrogens is 334 g/mol. The molecule has 0 radical (unpaired) electrons. The lowest BCUT2D eigenvalue weighted by molar-refractivity contribution is -0.00522. The first-order valence-electron chi connectivity index (χ1n) is 11.3. The molecule has 1 aliphatic heterocycles. The summed E-state index contributed by atoms with van der Waals surface area (Å²) >= 11 is 0. The van der Waals surface area contributed by atoms with E-state index in [2.05, 4.69) is 29.2 Å². The van der Waals surface area contributed by atoms with Crippen LogP contribution in [0.3, 0.4) is 0 Å². The number of aliphatic hydroxyl groups excluding tert-OH is 1. The average Bonchev–Trinajstić information content (AvgIpc) is 2.66. The second-order valence-electron chi connectivity index (χ2n) is 10.0. The number of hydrogen-bond acceptors (Lipinski definition) is 3. The molecule has 1 heterocycles. The van der Waals surface area contributed by atoms with Crippen LogP contribution >= 0.6 is 0 Å². The van der Waals surface area contributed by atoms with Crippen LogP contribution in [0.1, 0.15) is 63.4 Å². The Balaban J connectivity index is 1.17. The largest absolute Gasteiger partial charge is 0.491 e. The zero-order chi connectivity index (χ0) is 18.3. The van der Waals surface area contributed by atoms with Crippen LogP contribution in [0.2, 0.25) is 0 Å². The monoisotopic (exact) mass is 369 g/mol. The zero-order valence-corrected chi connectivity index (χ0v) is 16.6. The number of aliphatic hydroxyl groups is 1. The molecule has 5 aliphatic rings. The van der Waals surface area contributed by atoms with Crippen LogP contribution in [-0.2, 0) is 5.41 Å². The van der Waals surface area contributed by atoms with Gasteiger partial charge in [-0.3, -0.25) is 0 Å². The molecule has 4 bridgehead atoms. The van der Waals surface area contributed by atoms with E-state index in [1.165, 1.54) is 57.8 Å². The van der Waals surface area contributed by atoms with E-state index in [4.69, 9.17) is 4.74 Å². The lowest BCUT2D eigenvalue weighted by Gasteiger charge is -2.57. The minimum atomic E-state index is -0.397. The van der Waals surface area contributed by atoms with Gasteiger partial charge in [-0.1, -0.05) is 18.6 Å². The van der Waals surface area contributed by atoms with Gasteiger partial charge < -0.3 is 14.7 Å². The van der Waals surface area contributed by atoms with Gasteiger partial charge >= 0.3 is 0 Å². The van der Waals surface area contributed by atoms with Crippen LogP contribution in [0, 0.1) is 17.8 Å². The van der Waals surface area contributed by atoms with E-state index in [0.717, 1.165) is 43.1 Å². The smallest absolute Gasteiger partial charge is 0.119 e. The highest BCUT2D eigenvalue weighted by molar-refractivity contribution is 5.34. The minimum Gasteiger partial charge on any atom is -0.491 e. The van der Waals surface area contributed by atoms with Crippen molar-refractivity contribution in [2.75, 3.05) is 26.2 Å². The highest BCUT2D eigenvalue weighted by Gasteiger charge is 2.51. The molecule has 0 amide bonds. The Morgan fingerprint density at radius 3 is 2.11 bits per heavy atom. The van der Waals surface area contributed by atoms with Gasteiger partial charge in [0.15, 0.2) is 0 Å². The Kier molecular flexibility index (Phi) is 4.94. The van der Waals surface area contributed by atoms with E-state index in [1.54, 1.807) is 5.56 Å². The van der Waals surface area contributed by atoms with Gasteiger partial charge in [0.25, 0.3) is 0 Å². The maximum atomic E-state index is 10.3. The predicted molar refractivity (Wildman–Crippen MR) is 108 cm³/mol. The Morgan fingerprint density at radius 2 is 1.52 bits per heavy atom. The van der Waals surface area contributed by atoms with Crippen LogP contribution < -0.4 is 4.74 Å². The van der Waals surface area contributed by atoms with Crippen molar-refractivity contribution in [2.45, 2.75) is 69.3 Å². The topological polar surface area (TPSA) is 32.7 Å². The number of rotatable bonds is 6. The van der Waals surface area contributed by atoms with Crippen molar-refractivity contribution < 1.29 is 9.84 Å². The fraction of sp³-hybridized carbons (Fsp3) is 0.750. The average molecular weight is 370 g/mol. The Labute approximate surface area is 164 Å². The van der Waals surface area contributed by atoms with E-state index < -0.39 is 6.10 Å². The molecule has 4 aliphatic carbocycles. The Hall–Kier alpha value is -1.06. The number of β-amino-alcohol motifs (C(OH)–C–C–N with tert-alkyl or cyclic N) is 1. The van der Waals surface area contributed by atoms with Gasteiger partial charge in [0.05, 0.1) is 0 Å². The Morgan fingerprint density at radius 1 is 0.926 bits per heavy atom. The van der Waals surface area contributed by atoms with Crippen molar-refractivity contribution in [3.63, 3.8) is 0 Å². The molecule has 3 heteroatoms. The zero-order valence-electron chi connectivity index (χ0n) is 16.6. The summed E-state index contributed by atoms with van der Waals surface area (Å²) in [6, 6.07) is 8.92. The molecule has 0 spiro atoms. The van der Waals surface area contributed by atoms with Crippen molar-refractivity contribution in [2.24, 2.45) is 17.8 Å².